The molecule has 0 aliphatic heterocycles. The summed E-state index contributed by atoms with van der Waals surface area (Å²) in [6.45, 7) is 1.14. The van der Waals surface area contributed by atoms with Crippen molar-refractivity contribution in [2.75, 3.05) is 24.2 Å². The van der Waals surface area contributed by atoms with E-state index in [4.69, 9.17) is 23.2 Å². The summed E-state index contributed by atoms with van der Waals surface area (Å²) in [6.07, 6.45) is 1.24. The maximum Gasteiger partial charge on any atom is 0.244 e. The van der Waals surface area contributed by atoms with Crippen molar-refractivity contribution in [1.29, 1.82) is 0 Å². The number of amides is 2. The Hall–Kier alpha value is -2.36. The molecule has 2 amide bonds. The summed E-state index contributed by atoms with van der Waals surface area (Å²) in [6, 6.07) is 8.82. The lowest BCUT2D eigenvalue weighted by Crippen LogP contribution is -2.51. The lowest BCUT2D eigenvalue weighted by molar-refractivity contribution is -0.140. The van der Waals surface area contributed by atoms with Crippen LogP contribution in [0, 0.1) is 5.82 Å². The molecule has 174 valence electrons. The van der Waals surface area contributed by atoms with E-state index in [1.165, 1.54) is 54.4 Å². The summed E-state index contributed by atoms with van der Waals surface area (Å²) in [5, 5.41) is 2.92. The molecule has 32 heavy (non-hydrogen) atoms. The molecule has 0 spiro atoms. The van der Waals surface area contributed by atoms with Crippen molar-refractivity contribution in [2.45, 2.75) is 25.9 Å². The fourth-order valence-corrected chi connectivity index (χ4v) is 4.52. The predicted octanol–water partition coefficient (Wildman–Crippen LogP) is 3.45. The number of carbonyl (C=O) groups excluding carboxylic acids is 2. The van der Waals surface area contributed by atoms with Crippen LogP contribution in [0.25, 0.3) is 0 Å². The average Bonchev–Trinajstić information content (AvgIpc) is 2.71. The van der Waals surface area contributed by atoms with Crippen LogP contribution in [0.15, 0.2) is 42.5 Å². The molecule has 0 aliphatic rings. The van der Waals surface area contributed by atoms with E-state index < -0.39 is 40.2 Å². The number of nitrogens with zero attached hydrogens (tertiary/aromatic N) is 2. The first-order valence-corrected chi connectivity index (χ1v) is 12.3. The Kier molecular flexibility index (Phi) is 8.89. The van der Waals surface area contributed by atoms with Crippen molar-refractivity contribution in [1.82, 2.24) is 10.2 Å². The normalized spacial score (nSPS) is 12.2. The van der Waals surface area contributed by atoms with Crippen LogP contribution >= 0.6 is 23.2 Å². The summed E-state index contributed by atoms with van der Waals surface area (Å²) in [7, 11) is -2.45. The molecule has 0 saturated heterocycles. The third kappa shape index (κ3) is 6.82. The molecule has 2 rings (SSSR count). The monoisotopic (exact) mass is 503 g/mol. The minimum Gasteiger partial charge on any atom is -0.357 e. The Morgan fingerprint density at radius 3 is 2.12 bits per heavy atom. The van der Waals surface area contributed by atoms with Gasteiger partial charge in [-0.3, -0.25) is 13.9 Å². The second-order valence-corrected chi connectivity index (χ2v) is 9.86. The Morgan fingerprint density at radius 2 is 1.66 bits per heavy atom. The largest absolute Gasteiger partial charge is 0.357 e. The Balaban J connectivity index is 2.45. The standard InChI is InChI=1S/C21H24Cl2FN3O4S/c1-4-19(21(29)25-2)26(12-14-5-7-17(24)8-6-14)20(28)13-27(32(3,30)31)18-10-15(22)9-16(23)11-18/h5-11,19H,4,12-13H2,1-3H3,(H,25,29). The van der Waals surface area contributed by atoms with Gasteiger partial charge in [-0.05, 0) is 42.3 Å². The summed E-state index contributed by atoms with van der Waals surface area (Å²) < 4.78 is 39.2. The maximum atomic E-state index is 13.3. The molecule has 1 atom stereocenters. The van der Waals surface area contributed by atoms with E-state index in [2.05, 4.69) is 5.32 Å². The quantitative estimate of drug-likeness (QED) is 0.567. The number of halogens is 3. The van der Waals surface area contributed by atoms with E-state index in [1.807, 2.05) is 0 Å². The van der Waals surface area contributed by atoms with Gasteiger partial charge in [0.2, 0.25) is 21.8 Å². The van der Waals surface area contributed by atoms with Gasteiger partial charge in [-0.25, -0.2) is 12.8 Å². The van der Waals surface area contributed by atoms with Crippen molar-refractivity contribution in [2.24, 2.45) is 0 Å². The average molecular weight is 504 g/mol. The number of carbonyl (C=O) groups is 2. The summed E-state index contributed by atoms with van der Waals surface area (Å²) in [5.41, 5.74) is 0.701. The molecule has 1 unspecified atom stereocenters. The first-order valence-electron chi connectivity index (χ1n) is 9.65. The van der Waals surface area contributed by atoms with E-state index in [9.17, 15) is 22.4 Å². The van der Waals surface area contributed by atoms with E-state index >= 15 is 0 Å². The highest BCUT2D eigenvalue weighted by Gasteiger charge is 2.31. The van der Waals surface area contributed by atoms with Crippen molar-refractivity contribution >= 4 is 50.7 Å². The first kappa shape index (κ1) is 25.9. The van der Waals surface area contributed by atoms with Crippen LogP contribution < -0.4 is 9.62 Å². The molecular formula is C21H24Cl2FN3O4S. The molecule has 0 aliphatic carbocycles. The van der Waals surface area contributed by atoms with Gasteiger partial charge in [0.25, 0.3) is 0 Å². The molecule has 0 bridgehead atoms. The molecular weight excluding hydrogens is 480 g/mol. The lowest BCUT2D eigenvalue weighted by atomic mass is 10.1. The zero-order chi connectivity index (χ0) is 24.1. The van der Waals surface area contributed by atoms with Crippen LogP contribution in [-0.2, 0) is 26.2 Å². The van der Waals surface area contributed by atoms with E-state index in [1.54, 1.807) is 6.92 Å². The number of hydrogen-bond donors (Lipinski definition) is 1. The van der Waals surface area contributed by atoms with Gasteiger partial charge in [0.05, 0.1) is 11.9 Å². The number of anilines is 1. The number of rotatable bonds is 9. The number of nitrogens with one attached hydrogen (secondary N) is 1. The summed E-state index contributed by atoms with van der Waals surface area (Å²) >= 11 is 12.0. The zero-order valence-corrected chi connectivity index (χ0v) is 20.1. The van der Waals surface area contributed by atoms with Crippen molar-refractivity contribution in [3.63, 3.8) is 0 Å². The maximum absolute atomic E-state index is 13.3. The number of sulfonamides is 1. The third-order valence-electron chi connectivity index (χ3n) is 4.71. The van der Waals surface area contributed by atoms with Gasteiger partial charge in [-0.1, -0.05) is 42.3 Å². The Bertz CT molecular complexity index is 1060. The van der Waals surface area contributed by atoms with Gasteiger partial charge in [0.1, 0.15) is 18.4 Å². The van der Waals surface area contributed by atoms with Crippen LogP contribution in [0.4, 0.5) is 10.1 Å². The van der Waals surface area contributed by atoms with Crippen LogP contribution in [0.2, 0.25) is 10.0 Å². The second kappa shape index (κ2) is 11.0. The van der Waals surface area contributed by atoms with Crippen LogP contribution in [0.1, 0.15) is 18.9 Å². The zero-order valence-electron chi connectivity index (χ0n) is 17.8. The molecule has 2 aromatic carbocycles. The topological polar surface area (TPSA) is 86.8 Å². The van der Waals surface area contributed by atoms with Gasteiger partial charge >= 0.3 is 0 Å². The number of hydrogen-bond acceptors (Lipinski definition) is 4. The molecule has 0 radical (unpaired) electrons. The van der Waals surface area contributed by atoms with Gasteiger partial charge in [0, 0.05) is 23.6 Å². The van der Waals surface area contributed by atoms with Crippen molar-refractivity contribution < 1.29 is 22.4 Å². The molecule has 1 N–H and O–H groups in total. The van der Waals surface area contributed by atoms with Gasteiger partial charge in [0.15, 0.2) is 0 Å². The minimum atomic E-state index is -3.90. The fourth-order valence-electron chi connectivity index (χ4n) is 3.17. The molecule has 0 saturated carbocycles. The van der Waals surface area contributed by atoms with Crippen LogP contribution in [-0.4, -0.2) is 51.0 Å². The molecule has 0 heterocycles. The highest BCUT2D eigenvalue weighted by Crippen LogP contribution is 2.27. The van der Waals surface area contributed by atoms with Gasteiger partial charge < -0.3 is 10.2 Å². The smallest absolute Gasteiger partial charge is 0.244 e. The highest BCUT2D eigenvalue weighted by molar-refractivity contribution is 7.92. The summed E-state index contributed by atoms with van der Waals surface area (Å²) in [5.74, 6) is -1.46. The van der Waals surface area contributed by atoms with E-state index in [0.717, 1.165) is 10.6 Å². The van der Waals surface area contributed by atoms with E-state index in [-0.39, 0.29) is 28.7 Å². The molecule has 11 heteroatoms. The van der Waals surface area contributed by atoms with Gasteiger partial charge in [-0.2, -0.15) is 0 Å². The van der Waals surface area contributed by atoms with Crippen molar-refractivity contribution in [3.8, 4) is 0 Å². The SMILES string of the molecule is CCC(C(=O)NC)N(Cc1ccc(F)cc1)C(=O)CN(c1cc(Cl)cc(Cl)c1)S(C)(=O)=O. The van der Waals surface area contributed by atoms with Gasteiger partial charge in [-0.15, -0.1) is 0 Å². The summed E-state index contributed by atoms with van der Waals surface area (Å²) in [4.78, 5) is 27.1. The fraction of sp³-hybridized carbons (Fsp3) is 0.333. The van der Waals surface area contributed by atoms with E-state index in [0.29, 0.717) is 5.56 Å². The predicted molar refractivity (Wildman–Crippen MR) is 124 cm³/mol. The lowest BCUT2D eigenvalue weighted by Gasteiger charge is -2.32. The Labute approximate surface area is 197 Å². The molecule has 7 nitrogen and oxygen atoms in total. The van der Waals surface area contributed by atoms with Crippen molar-refractivity contribution in [3.05, 3.63) is 63.9 Å². The molecule has 0 fully saturated rings. The Morgan fingerprint density at radius 1 is 1.09 bits per heavy atom. The molecule has 2 aromatic rings. The second-order valence-electron chi connectivity index (χ2n) is 7.08. The minimum absolute atomic E-state index is 0.0149. The first-order chi connectivity index (χ1) is 15.0. The number of likely N-dealkylation sites (N-methyl/N-ethyl adjacent to an activating group) is 1. The third-order valence-corrected chi connectivity index (χ3v) is 6.29. The highest BCUT2D eigenvalue weighted by atomic mass is 35.5. The van der Waals surface area contributed by atoms with Crippen LogP contribution in [0.3, 0.4) is 0 Å². The van der Waals surface area contributed by atoms with Crippen LogP contribution in [0.5, 0.6) is 0 Å². The molecule has 0 aromatic heterocycles. The number of benzene rings is 2.